The molecule has 3 aromatic rings. The van der Waals surface area contributed by atoms with Crippen LogP contribution in [0.4, 0.5) is 4.39 Å². The fourth-order valence-electron chi connectivity index (χ4n) is 3.42. The number of hydrogen-bond acceptors (Lipinski definition) is 5. The lowest BCUT2D eigenvalue weighted by molar-refractivity contribution is -0.129. The van der Waals surface area contributed by atoms with Gasteiger partial charge in [0.05, 0.1) is 16.3 Å². The van der Waals surface area contributed by atoms with Crippen LogP contribution < -0.4 is 0 Å². The van der Waals surface area contributed by atoms with Crippen molar-refractivity contribution in [1.82, 2.24) is 24.6 Å². The molecule has 0 saturated carbocycles. The third-order valence-corrected chi connectivity index (χ3v) is 6.48. The number of aryl methyl sites for hydroxylation is 1. The molecule has 2 aromatic carbocycles. The highest BCUT2D eigenvalue weighted by Crippen LogP contribution is 2.22. The Balaban J connectivity index is 1.31. The molecule has 4 rings (SSSR count). The second-order valence-corrected chi connectivity index (χ2v) is 8.75. The van der Waals surface area contributed by atoms with E-state index in [9.17, 15) is 14.0 Å². The Morgan fingerprint density at radius 2 is 1.75 bits per heavy atom. The molecule has 0 spiro atoms. The van der Waals surface area contributed by atoms with Gasteiger partial charge in [-0.1, -0.05) is 41.1 Å². The van der Waals surface area contributed by atoms with Crippen molar-refractivity contribution in [1.29, 1.82) is 0 Å². The second-order valence-electron chi connectivity index (χ2n) is 7.40. The van der Waals surface area contributed by atoms with Crippen LogP contribution in [0.1, 0.15) is 15.9 Å². The van der Waals surface area contributed by atoms with Gasteiger partial charge >= 0.3 is 0 Å². The molecule has 32 heavy (non-hydrogen) atoms. The summed E-state index contributed by atoms with van der Waals surface area (Å²) in [7, 11) is 0. The monoisotopic (exact) mass is 473 g/mol. The first-order valence-corrected chi connectivity index (χ1v) is 11.4. The molecular weight excluding hydrogens is 453 g/mol. The van der Waals surface area contributed by atoms with E-state index in [0.29, 0.717) is 31.3 Å². The smallest absolute Gasteiger partial charge is 0.255 e. The topological polar surface area (TPSA) is 71.3 Å². The Bertz CT molecular complexity index is 1130. The number of thioether (sulfide) groups is 1. The molecule has 1 aliphatic heterocycles. The van der Waals surface area contributed by atoms with Gasteiger partial charge in [0.15, 0.2) is 5.16 Å². The summed E-state index contributed by atoms with van der Waals surface area (Å²) in [6.07, 6.45) is 1.63. The normalized spacial score (nSPS) is 14.0. The molecule has 166 valence electrons. The van der Waals surface area contributed by atoms with Crippen LogP contribution in [-0.2, 0) is 4.79 Å². The van der Waals surface area contributed by atoms with Gasteiger partial charge in [0.1, 0.15) is 12.1 Å². The molecule has 7 nitrogen and oxygen atoms in total. The van der Waals surface area contributed by atoms with Gasteiger partial charge in [0, 0.05) is 31.9 Å². The van der Waals surface area contributed by atoms with Crippen molar-refractivity contribution >= 4 is 35.2 Å². The fraction of sp³-hybridized carbons (Fsp3) is 0.273. The average molecular weight is 474 g/mol. The maximum absolute atomic E-state index is 13.2. The molecule has 1 aliphatic rings. The molecule has 2 amide bonds. The summed E-state index contributed by atoms with van der Waals surface area (Å²) < 4.78 is 15.1. The molecule has 0 atom stereocenters. The zero-order valence-corrected chi connectivity index (χ0v) is 18.9. The van der Waals surface area contributed by atoms with E-state index in [-0.39, 0.29) is 28.2 Å². The van der Waals surface area contributed by atoms with Crippen LogP contribution >= 0.6 is 23.4 Å². The number of amides is 2. The van der Waals surface area contributed by atoms with Gasteiger partial charge in [-0.05, 0) is 37.3 Å². The van der Waals surface area contributed by atoms with Crippen LogP contribution in [-0.4, -0.2) is 68.3 Å². The van der Waals surface area contributed by atoms with Gasteiger partial charge < -0.3 is 9.80 Å². The predicted octanol–water partition coefficient (Wildman–Crippen LogP) is 3.44. The number of nitrogens with zero attached hydrogens (tertiary/aromatic N) is 5. The van der Waals surface area contributed by atoms with Crippen LogP contribution in [0.3, 0.4) is 0 Å². The molecule has 1 fully saturated rings. The molecule has 0 N–H and O–H groups in total. The number of piperazine rings is 1. The van der Waals surface area contributed by atoms with Crippen molar-refractivity contribution in [2.24, 2.45) is 0 Å². The Morgan fingerprint density at radius 3 is 2.44 bits per heavy atom. The number of carbonyl (C=O) groups is 2. The van der Waals surface area contributed by atoms with E-state index in [1.54, 1.807) is 16.1 Å². The number of rotatable bonds is 5. The van der Waals surface area contributed by atoms with E-state index >= 15 is 0 Å². The van der Waals surface area contributed by atoms with Crippen LogP contribution in [0.25, 0.3) is 5.69 Å². The predicted molar refractivity (Wildman–Crippen MR) is 121 cm³/mol. The van der Waals surface area contributed by atoms with Crippen LogP contribution in [0.5, 0.6) is 0 Å². The SMILES string of the molecule is Cc1ccc(-n2cnnc2SCC(=O)N2CCN(C(=O)c3ccc(F)cc3Cl)CC2)cc1. The number of aromatic nitrogens is 3. The van der Waals surface area contributed by atoms with Gasteiger partial charge in [-0.25, -0.2) is 4.39 Å². The lowest BCUT2D eigenvalue weighted by Crippen LogP contribution is -2.51. The summed E-state index contributed by atoms with van der Waals surface area (Å²) in [6.45, 7) is 3.65. The van der Waals surface area contributed by atoms with Crippen molar-refractivity contribution in [2.45, 2.75) is 12.1 Å². The molecule has 0 unspecified atom stereocenters. The van der Waals surface area contributed by atoms with Gasteiger partial charge in [-0.2, -0.15) is 0 Å². The second kappa shape index (κ2) is 9.70. The van der Waals surface area contributed by atoms with E-state index in [4.69, 9.17) is 11.6 Å². The van der Waals surface area contributed by atoms with Crippen LogP contribution in [0.2, 0.25) is 5.02 Å². The highest BCUT2D eigenvalue weighted by Gasteiger charge is 2.26. The lowest BCUT2D eigenvalue weighted by Gasteiger charge is -2.35. The average Bonchev–Trinajstić information content (AvgIpc) is 3.26. The first-order valence-electron chi connectivity index (χ1n) is 10.0. The van der Waals surface area contributed by atoms with Crippen molar-refractivity contribution < 1.29 is 14.0 Å². The van der Waals surface area contributed by atoms with Crippen molar-refractivity contribution in [3.05, 3.63) is 70.8 Å². The number of halogens is 2. The summed E-state index contributed by atoms with van der Waals surface area (Å²) in [6, 6.07) is 11.7. The minimum atomic E-state index is -0.488. The minimum absolute atomic E-state index is 0.0274. The minimum Gasteiger partial charge on any atom is -0.338 e. The van der Waals surface area contributed by atoms with Crippen molar-refractivity contribution in [3.63, 3.8) is 0 Å². The van der Waals surface area contributed by atoms with Crippen LogP contribution in [0, 0.1) is 12.7 Å². The largest absolute Gasteiger partial charge is 0.338 e. The van der Waals surface area contributed by atoms with Gasteiger partial charge in [-0.3, -0.25) is 14.2 Å². The molecular formula is C22H21ClFN5O2S. The maximum atomic E-state index is 13.2. The molecule has 2 heterocycles. The standard InChI is InChI=1S/C22H21ClFN5O2S/c1-15-2-5-17(6-3-15)29-14-25-26-22(29)32-13-20(30)27-8-10-28(11-9-27)21(31)18-7-4-16(24)12-19(18)23/h2-7,12,14H,8-11,13H2,1H3. The van der Waals surface area contributed by atoms with E-state index in [2.05, 4.69) is 10.2 Å². The fourth-order valence-corrected chi connectivity index (χ4v) is 4.49. The van der Waals surface area contributed by atoms with E-state index in [0.717, 1.165) is 17.3 Å². The zero-order valence-electron chi connectivity index (χ0n) is 17.4. The van der Waals surface area contributed by atoms with Gasteiger partial charge in [-0.15, -0.1) is 10.2 Å². The Labute approximate surface area is 194 Å². The summed E-state index contributed by atoms with van der Waals surface area (Å²) in [5, 5.41) is 8.83. The van der Waals surface area contributed by atoms with E-state index in [1.807, 2.05) is 35.8 Å². The van der Waals surface area contributed by atoms with E-state index in [1.165, 1.54) is 23.9 Å². The number of benzene rings is 2. The third kappa shape index (κ3) is 4.94. The molecule has 0 radical (unpaired) electrons. The highest BCUT2D eigenvalue weighted by molar-refractivity contribution is 7.99. The van der Waals surface area contributed by atoms with Gasteiger partial charge in [0.25, 0.3) is 5.91 Å². The molecule has 1 aromatic heterocycles. The first-order chi connectivity index (χ1) is 15.4. The van der Waals surface area contributed by atoms with Crippen molar-refractivity contribution in [2.75, 3.05) is 31.9 Å². The van der Waals surface area contributed by atoms with Crippen molar-refractivity contribution in [3.8, 4) is 5.69 Å². The summed E-state index contributed by atoms with van der Waals surface area (Å²) in [5.41, 5.74) is 2.35. The third-order valence-electron chi connectivity index (χ3n) is 5.23. The molecule has 1 saturated heterocycles. The lowest BCUT2D eigenvalue weighted by atomic mass is 10.1. The molecule has 0 bridgehead atoms. The molecule has 10 heteroatoms. The van der Waals surface area contributed by atoms with Gasteiger partial charge in [0.2, 0.25) is 5.91 Å². The quantitative estimate of drug-likeness (QED) is 0.531. The summed E-state index contributed by atoms with van der Waals surface area (Å²) in [4.78, 5) is 28.7. The maximum Gasteiger partial charge on any atom is 0.255 e. The summed E-state index contributed by atoms with van der Waals surface area (Å²) >= 11 is 7.34. The van der Waals surface area contributed by atoms with E-state index < -0.39 is 5.82 Å². The van der Waals surface area contributed by atoms with Crippen LogP contribution in [0.15, 0.2) is 53.9 Å². The Kier molecular flexibility index (Phi) is 6.76. The zero-order chi connectivity index (χ0) is 22.7. The highest BCUT2D eigenvalue weighted by atomic mass is 35.5. The summed E-state index contributed by atoms with van der Waals surface area (Å²) in [5.74, 6) is -0.553. The Hall–Kier alpha value is -2.91. The first kappa shape index (κ1) is 22.3. The Morgan fingerprint density at radius 1 is 1.06 bits per heavy atom. The number of carbonyl (C=O) groups excluding carboxylic acids is 2. The molecule has 0 aliphatic carbocycles. The number of hydrogen-bond donors (Lipinski definition) is 0.